The Labute approximate surface area is 59.8 Å². The van der Waals surface area contributed by atoms with Crippen LogP contribution in [0.15, 0.2) is 23.3 Å². The summed E-state index contributed by atoms with van der Waals surface area (Å²) in [5, 5.41) is 2.09. The van der Waals surface area contributed by atoms with E-state index in [1.807, 2.05) is 6.26 Å². The fourth-order valence-corrected chi connectivity index (χ4v) is 1.32. The molecule has 0 unspecified atom stereocenters. The number of hydrogen-bond donors (Lipinski definition) is 0. The van der Waals surface area contributed by atoms with Crippen molar-refractivity contribution in [1.82, 2.24) is 0 Å². The summed E-state index contributed by atoms with van der Waals surface area (Å²) < 4.78 is 5.14. The van der Waals surface area contributed by atoms with Crippen molar-refractivity contribution in [3.8, 4) is 0 Å². The van der Waals surface area contributed by atoms with Crippen LogP contribution in [0.1, 0.15) is 6.42 Å². The monoisotopic (exact) mass is 142 g/mol. The van der Waals surface area contributed by atoms with Crippen molar-refractivity contribution >= 4 is 11.8 Å². The fraction of sp³-hybridized carbons (Fsp3) is 0.429. The van der Waals surface area contributed by atoms with Gasteiger partial charge in [0.2, 0.25) is 0 Å². The molecule has 0 aromatic heterocycles. The molecule has 1 aliphatic rings. The molecule has 2 heteroatoms. The van der Waals surface area contributed by atoms with Crippen molar-refractivity contribution in [2.75, 3.05) is 12.9 Å². The highest BCUT2D eigenvalue weighted by Crippen LogP contribution is 2.23. The Bertz CT molecular complexity index is 149. The Morgan fingerprint density at radius 2 is 2.56 bits per heavy atom. The van der Waals surface area contributed by atoms with Gasteiger partial charge in [-0.15, -0.1) is 11.8 Å². The number of allylic oxidation sites excluding steroid dienone is 1. The SMILES string of the molecule is C=C1OCC/C1=C/SC. The molecule has 0 aromatic rings. The predicted molar refractivity (Wildman–Crippen MR) is 41.3 cm³/mol. The van der Waals surface area contributed by atoms with Crippen LogP contribution in [0.5, 0.6) is 0 Å². The van der Waals surface area contributed by atoms with E-state index >= 15 is 0 Å². The summed E-state index contributed by atoms with van der Waals surface area (Å²) in [4.78, 5) is 0. The Balaban J connectivity index is 2.59. The van der Waals surface area contributed by atoms with Gasteiger partial charge in [0.1, 0.15) is 5.76 Å². The van der Waals surface area contributed by atoms with Gasteiger partial charge in [-0.2, -0.15) is 0 Å². The molecule has 0 bridgehead atoms. The van der Waals surface area contributed by atoms with Crippen LogP contribution in [0, 0.1) is 0 Å². The molecule has 0 aliphatic carbocycles. The molecule has 1 heterocycles. The van der Waals surface area contributed by atoms with Gasteiger partial charge in [-0.05, 0) is 11.7 Å². The van der Waals surface area contributed by atoms with Crippen molar-refractivity contribution < 1.29 is 4.74 Å². The molecule has 1 saturated heterocycles. The van der Waals surface area contributed by atoms with Crippen molar-refractivity contribution in [3.05, 3.63) is 23.3 Å². The number of rotatable bonds is 1. The number of hydrogen-bond acceptors (Lipinski definition) is 2. The molecule has 0 N–H and O–H groups in total. The molecular formula is C7H10OS. The van der Waals surface area contributed by atoms with Gasteiger partial charge in [0.05, 0.1) is 6.61 Å². The third-order valence-electron chi connectivity index (χ3n) is 1.27. The average molecular weight is 142 g/mol. The molecule has 1 fully saturated rings. The Morgan fingerprint density at radius 3 is 3.00 bits per heavy atom. The topological polar surface area (TPSA) is 9.23 Å². The van der Waals surface area contributed by atoms with Crippen LogP contribution in [0.4, 0.5) is 0 Å². The molecule has 1 rings (SSSR count). The molecule has 0 amide bonds. The maximum atomic E-state index is 5.14. The van der Waals surface area contributed by atoms with Gasteiger partial charge < -0.3 is 4.74 Å². The summed E-state index contributed by atoms with van der Waals surface area (Å²) >= 11 is 1.70. The van der Waals surface area contributed by atoms with E-state index in [1.54, 1.807) is 11.8 Å². The van der Waals surface area contributed by atoms with E-state index < -0.39 is 0 Å². The van der Waals surface area contributed by atoms with Gasteiger partial charge in [0.15, 0.2) is 0 Å². The molecule has 50 valence electrons. The zero-order chi connectivity index (χ0) is 6.69. The van der Waals surface area contributed by atoms with Gasteiger partial charge in [-0.3, -0.25) is 0 Å². The van der Waals surface area contributed by atoms with Crippen molar-refractivity contribution in [2.45, 2.75) is 6.42 Å². The second kappa shape index (κ2) is 2.97. The molecule has 0 spiro atoms. The Kier molecular flexibility index (Phi) is 2.22. The van der Waals surface area contributed by atoms with Crippen LogP contribution in [0.25, 0.3) is 0 Å². The lowest BCUT2D eigenvalue weighted by atomic mass is 10.2. The first-order valence-electron chi connectivity index (χ1n) is 2.88. The van der Waals surface area contributed by atoms with Gasteiger partial charge in [0.25, 0.3) is 0 Å². The smallest absolute Gasteiger partial charge is 0.115 e. The van der Waals surface area contributed by atoms with E-state index in [9.17, 15) is 0 Å². The highest BCUT2D eigenvalue weighted by atomic mass is 32.2. The third kappa shape index (κ3) is 1.52. The summed E-state index contributed by atoms with van der Waals surface area (Å²) in [6, 6.07) is 0. The van der Waals surface area contributed by atoms with E-state index in [2.05, 4.69) is 12.0 Å². The highest BCUT2D eigenvalue weighted by Gasteiger charge is 2.10. The standard InChI is InChI=1S/C7H10OS/c1-6-7(5-9-2)3-4-8-6/h5H,1,3-4H2,2H3/b7-5-. The van der Waals surface area contributed by atoms with Crippen molar-refractivity contribution in [1.29, 1.82) is 0 Å². The maximum Gasteiger partial charge on any atom is 0.115 e. The van der Waals surface area contributed by atoms with Crippen LogP contribution < -0.4 is 0 Å². The summed E-state index contributed by atoms with van der Waals surface area (Å²) in [7, 11) is 0. The molecule has 0 saturated carbocycles. The lowest BCUT2D eigenvalue weighted by molar-refractivity contribution is 0.267. The fourth-order valence-electron chi connectivity index (χ4n) is 0.783. The number of thioether (sulfide) groups is 1. The maximum absolute atomic E-state index is 5.14. The van der Waals surface area contributed by atoms with Gasteiger partial charge in [0, 0.05) is 12.0 Å². The van der Waals surface area contributed by atoms with Crippen LogP contribution in [-0.2, 0) is 4.74 Å². The second-order valence-corrected chi connectivity index (χ2v) is 2.61. The predicted octanol–water partition coefficient (Wildman–Crippen LogP) is 2.17. The largest absolute Gasteiger partial charge is 0.494 e. The van der Waals surface area contributed by atoms with Crippen LogP contribution in [0.3, 0.4) is 0 Å². The molecule has 1 aliphatic heterocycles. The van der Waals surface area contributed by atoms with Crippen LogP contribution >= 0.6 is 11.8 Å². The lowest BCUT2D eigenvalue weighted by Crippen LogP contribution is -1.74. The summed E-state index contributed by atoms with van der Waals surface area (Å²) in [5.74, 6) is 0.851. The minimum absolute atomic E-state index is 0.811. The average Bonchev–Trinajstić information content (AvgIpc) is 2.18. The van der Waals surface area contributed by atoms with Crippen LogP contribution in [0.2, 0.25) is 0 Å². The van der Waals surface area contributed by atoms with Gasteiger partial charge >= 0.3 is 0 Å². The number of ether oxygens (including phenoxy) is 1. The van der Waals surface area contributed by atoms with Gasteiger partial charge in [-0.25, -0.2) is 0 Å². The van der Waals surface area contributed by atoms with Crippen LogP contribution in [-0.4, -0.2) is 12.9 Å². The summed E-state index contributed by atoms with van der Waals surface area (Å²) in [5.41, 5.74) is 1.25. The second-order valence-electron chi connectivity index (χ2n) is 1.90. The molecular weight excluding hydrogens is 132 g/mol. The first kappa shape index (κ1) is 6.75. The first-order chi connectivity index (χ1) is 4.34. The molecule has 0 radical (unpaired) electrons. The zero-order valence-electron chi connectivity index (χ0n) is 5.52. The van der Waals surface area contributed by atoms with E-state index in [0.29, 0.717) is 0 Å². The summed E-state index contributed by atoms with van der Waals surface area (Å²) in [6.45, 7) is 4.56. The van der Waals surface area contributed by atoms with E-state index in [0.717, 1.165) is 18.8 Å². The van der Waals surface area contributed by atoms with E-state index in [1.165, 1.54) is 5.57 Å². The van der Waals surface area contributed by atoms with E-state index in [-0.39, 0.29) is 0 Å². The molecule has 1 nitrogen and oxygen atoms in total. The minimum atomic E-state index is 0.811. The lowest BCUT2D eigenvalue weighted by Gasteiger charge is -1.93. The summed E-state index contributed by atoms with van der Waals surface area (Å²) in [6.07, 6.45) is 3.07. The third-order valence-corrected chi connectivity index (χ3v) is 1.79. The molecule has 0 atom stereocenters. The molecule has 0 aromatic carbocycles. The minimum Gasteiger partial charge on any atom is -0.494 e. The zero-order valence-corrected chi connectivity index (χ0v) is 6.33. The Morgan fingerprint density at radius 1 is 1.78 bits per heavy atom. The van der Waals surface area contributed by atoms with Crippen molar-refractivity contribution in [2.24, 2.45) is 0 Å². The quantitative estimate of drug-likeness (QED) is 0.555. The Hall–Kier alpha value is -0.370. The first-order valence-corrected chi connectivity index (χ1v) is 4.17. The molecule has 9 heavy (non-hydrogen) atoms. The normalized spacial score (nSPS) is 22.8. The highest BCUT2D eigenvalue weighted by molar-refractivity contribution is 8.01. The van der Waals surface area contributed by atoms with Crippen molar-refractivity contribution in [3.63, 3.8) is 0 Å². The van der Waals surface area contributed by atoms with E-state index in [4.69, 9.17) is 4.74 Å². The van der Waals surface area contributed by atoms with Gasteiger partial charge in [-0.1, -0.05) is 6.58 Å².